The number of rotatable bonds is 4. The second-order valence-corrected chi connectivity index (χ2v) is 5.74. The predicted molar refractivity (Wildman–Crippen MR) is 83.4 cm³/mol. The highest BCUT2D eigenvalue weighted by Crippen LogP contribution is 2.19. The minimum absolute atomic E-state index is 0.0398. The van der Waals surface area contributed by atoms with Gasteiger partial charge in [-0.05, 0) is 37.6 Å². The van der Waals surface area contributed by atoms with Crippen LogP contribution in [0.5, 0.6) is 0 Å². The molecule has 0 atom stereocenters. The van der Waals surface area contributed by atoms with Gasteiger partial charge in [0.15, 0.2) is 0 Å². The summed E-state index contributed by atoms with van der Waals surface area (Å²) < 4.78 is 0. The van der Waals surface area contributed by atoms with Crippen LogP contribution in [0.3, 0.4) is 0 Å². The summed E-state index contributed by atoms with van der Waals surface area (Å²) in [6.07, 6.45) is 0. The van der Waals surface area contributed by atoms with Crippen LogP contribution in [0.15, 0.2) is 23.7 Å². The van der Waals surface area contributed by atoms with Gasteiger partial charge in [-0.1, -0.05) is 0 Å². The molecule has 0 aliphatic rings. The quantitative estimate of drug-likeness (QED) is 0.941. The minimum Gasteiger partial charge on any atom is -0.388 e. The summed E-state index contributed by atoms with van der Waals surface area (Å²) in [5.41, 5.74) is 5.55. The first-order chi connectivity index (χ1) is 9.52. The van der Waals surface area contributed by atoms with E-state index >= 15 is 0 Å². The molecule has 0 saturated heterocycles. The Labute approximate surface area is 123 Å². The monoisotopic (exact) mass is 289 g/mol. The number of thiazole rings is 1. The van der Waals surface area contributed by atoms with Gasteiger partial charge in [0.2, 0.25) is 0 Å². The van der Waals surface area contributed by atoms with Crippen LogP contribution < -0.4 is 5.32 Å². The molecule has 0 unspecified atom stereocenters. The number of amides is 1. The first-order valence-electron chi connectivity index (χ1n) is 6.45. The summed E-state index contributed by atoms with van der Waals surface area (Å²) in [5.74, 6) is 0.0398. The van der Waals surface area contributed by atoms with Crippen molar-refractivity contribution in [2.45, 2.75) is 20.4 Å². The molecule has 0 radical (unpaired) electrons. The number of benzene rings is 1. The molecule has 0 fully saturated rings. The van der Waals surface area contributed by atoms with Crippen LogP contribution in [0.25, 0.3) is 0 Å². The van der Waals surface area contributed by atoms with Crippen molar-refractivity contribution < 1.29 is 4.79 Å². The topological polar surface area (TPSA) is 45.2 Å². The van der Waals surface area contributed by atoms with E-state index in [1.54, 1.807) is 16.2 Å². The lowest BCUT2D eigenvalue weighted by Crippen LogP contribution is -2.26. The lowest BCUT2D eigenvalue weighted by atomic mass is 10.1. The molecule has 0 spiro atoms. The lowest BCUT2D eigenvalue weighted by Gasteiger charge is -2.18. The number of carbonyl (C=O) groups is 1. The summed E-state index contributed by atoms with van der Waals surface area (Å²) in [6, 6.07) is 5.78. The van der Waals surface area contributed by atoms with Gasteiger partial charge in [0.05, 0.1) is 17.7 Å². The Hall–Kier alpha value is -1.88. The molecule has 0 bridgehead atoms. The van der Waals surface area contributed by atoms with Crippen LogP contribution in [-0.4, -0.2) is 29.9 Å². The van der Waals surface area contributed by atoms with Gasteiger partial charge in [-0.15, -0.1) is 11.3 Å². The van der Waals surface area contributed by atoms with E-state index < -0.39 is 0 Å². The number of anilines is 1. The Morgan fingerprint density at radius 1 is 1.40 bits per heavy atom. The molecule has 1 amide bonds. The van der Waals surface area contributed by atoms with Crippen LogP contribution in [0, 0.1) is 13.8 Å². The Kier molecular flexibility index (Phi) is 4.39. The summed E-state index contributed by atoms with van der Waals surface area (Å²) in [5, 5.41) is 3.08. The second-order valence-electron chi connectivity index (χ2n) is 4.80. The summed E-state index contributed by atoms with van der Waals surface area (Å²) in [6.45, 7) is 4.53. The van der Waals surface area contributed by atoms with Gasteiger partial charge in [-0.25, -0.2) is 4.98 Å². The van der Waals surface area contributed by atoms with Crippen LogP contribution in [0.4, 0.5) is 5.69 Å². The van der Waals surface area contributed by atoms with Gasteiger partial charge in [0.1, 0.15) is 0 Å². The van der Waals surface area contributed by atoms with E-state index in [4.69, 9.17) is 0 Å². The maximum atomic E-state index is 12.5. The van der Waals surface area contributed by atoms with Gasteiger partial charge in [0, 0.05) is 30.2 Å². The van der Waals surface area contributed by atoms with Crippen molar-refractivity contribution in [2.75, 3.05) is 19.4 Å². The number of aromatic nitrogens is 1. The smallest absolute Gasteiger partial charge is 0.254 e. The molecule has 1 aromatic heterocycles. The Morgan fingerprint density at radius 3 is 2.70 bits per heavy atom. The summed E-state index contributed by atoms with van der Waals surface area (Å²) in [7, 11) is 3.70. The molecule has 0 aliphatic heterocycles. The first-order valence-corrected chi connectivity index (χ1v) is 7.33. The van der Waals surface area contributed by atoms with Gasteiger partial charge in [-0.3, -0.25) is 4.79 Å². The SMILES string of the molecule is CNc1ccc(C(=O)N(C)Cc2scnc2C)c(C)c1. The van der Waals surface area contributed by atoms with E-state index in [2.05, 4.69) is 10.3 Å². The second kappa shape index (κ2) is 6.05. The zero-order valence-electron chi connectivity index (χ0n) is 12.2. The molecule has 1 N–H and O–H groups in total. The molecule has 106 valence electrons. The number of carbonyl (C=O) groups excluding carboxylic acids is 1. The van der Waals surface area contributed by atoms with E-state index in [9.17, 15) is 4.79 Å². The highest BCUT2D eigenvalue weighted by Gasteiger charge is 2.16. The van der Waals surface area contributed by atoms with Crippen molar-refractivity contribution in [3.63, 3.8) is 0 Å². The molecule has 2 aromatic rings. The Balaban J connectivity index is 2.16. The normalized spacial score (nSPS) is 10.4. The fourth-order valence-corrected chi connectivity index (χ4v) is 2.86. The van der Waals surface area contributed by atoms with E-state index in [-0.39, 0.29) is 5.91 Å². The van der Waals surface area contributed by atoms with Crippen molar-refractivity contribution >= 4 is 22.9 Å². The third-order valence-corrected chi connectivity index (χ3v) is 4.24. The van der Waals surface area contributed by atoms with Crippen LogP contribution in [-0.2, 0) is 6.54 Å². The molecule has 1 aromatic carbocycles. The average molecular weight is 289 g/mol. The molecule has 0 aliphatic carbocycles. The highest BCUT2D eigenvalue weighted by molar-refractivity contribution is 7.09. The summed E-state index contributed by atoms with van der Waals surface area (Å²) in [4.78, 5) is 19.6. The first kappa shape index (κ1) is 14.5. The van der Waals surface area contributed by atoms with E-state index in [1.165, 1.54) is 0 Å². The molecule has 4 nitrogen and oxygen atoms in total. The molecular weight excluding hydrogens is 270 g/mol. The molecule has 1 heterocycles. The van der Waals surface area contributed by atoms with E-state index in [0.29, 0.717) is 6.54 Å². The van der Waals surface area contributed by atoms with Crippen LogP contribution >= 0.6 is 11.3 Å². The van der Waals surface area contributed by atoms with E-state index in [1.807, 2.05) is 51.7 Å². The molecule has 5 heteroatoms. The van der Waals surface area contributed by atoms with E-state index in [0.717, 1.165) is 27.4 Å². The Bertz CT molecular complexity index is 621. The zero-order valence-corrected chi connectivity index (χ0v) is 13.0. The van der Waals surface area contributed by atoms with Gasteiger partial charge < -0.3 is 10.2 Å². The molecular formula is C15H19N3OS. The van der Waals surface area contributed by atoms with Gasteiger partial charge >= 0.3 is 0 Å². The predicted octanol–water partition coefficient (Wildman–Crippen LogP) is 3.07. The number of nitrogens with zero attached hydrogens (tertiary/aromatic N) is 2. The summed E-state index contributed by atoms with van der Waals surface area (Å²) >= 11 is 1.59. The fourth-order valence-electron chi connectivity index (χ4n) is 2.03. The standard InChI is InChI=1S/C15H19N3OS/c1-10-7-12(16-3)5-6-13(10)15(19)18(4)8-14-11(2)17-9-20-14/h5-7,9,16H,8H2,1-4H3. The molecule has 0 saturated carbocycles. The number of hydrogen-bond acceptors (Lipinski definition) is 4. The molecule has 2 rings (SSSR count). The highest BCUT2D eigenvalue weighted by atomic mass is 32.1. The Morgan fingerprint density at radius 2 is 2.15 bits per heavy atom. The number of nitrogens with one attached hydrogen (secondary N) is 1. The number of aryl methyl sites for hydroxylation is 2. The zero-order chi connectivity index (χ0) is 14.7. The van der Waals surface area contributed by atoms with Crippen molar-refractivity contribution in [1.82, 2.24) is 9.88 Å². The van der Waals surface area contributed by atoms with Crippen molar-refractivity contribution in [1.29, 1.82) is 0 Å². The maximum absolute atomic E-state index is 12.5. The van der Waals surface area contributed by atoms with Crippen LogP contribution in [0.2, 0.25) is 0 Å². The van der Waals surface area contributed by atoms with Crippen LogP contribution in [0.1, 0.15) is 26.5 Å². The van der Waals surface area contributed by atoms with Crippen molar-refractivity contribution in [3.05, 3.63) is 45.4 Å². The van der Waals surface area contributed by atoms with Gasteiger partial charge in [0.25, 0.3) is 5.91 Å². The minimum atomic E-state index is 0.0398. The fraction of sp³-hybridized carbons (Fsp3) is 0.333. The largest absolute Gasteiger partial charge is 0.388 e. The molecule has 20 heavy (non-hydrogen) atoms. The van der Waals surface area contributed by atoms with Gasteiger partial charge in [-0.2, -0.15) is 0 Å². The van der Waals surface area contributed by atoms with Crippen molar-refractivity contribution in [3.8, 4) is 0 Å². The number of hydrogen-bond donors (Lipinski definition) is 1. The lowest BCUT2D eigenvalue weighted by molar-refractivity contribution is 0.0785. The maximum Gasteiger partial charge on any atom is 0.254 e. The third kappa shape index (κ3) is 2.99. The third-order valence-electron chi connectivity index (χ3n) is 3.32. The average Bonchev–Trinajstić information content (AvgIpc) is 2.83. The van der Waals surface area contributed by atoms with Crippen molar-refractivity contribution in [2.24, 2.45) is 0 Å².